The fraction of sp³-hybridized carbons (Fsp3) is 1.00. The molecule has 13 heavy (non-hydrogen) atoms. The molecular formula is C7H13O5P. The average Bonchev–Trinajstić information content (AvgIpc) is 2.09. The van der Waals surface area contributed by atoms with Crippen molar-refractivity contribution in [3.63, 3.8) is 0 Å². The quantitative estimate of drug-likeness (QED) is 0.544. The second kappa shape index (κ2) is 4.98. The summed E-state index contributed by atoms with van der Waals surface area (Å²) in [5, 5.41) is 27.6. The summed E-state index contributed by atoms with van der Waals surface area (Å²) in [7, 11) is -0.00666. The molecule has 4 unspecified atom stereocenters. The van der Waals surface area contributed by atoms with Crippen LogP contribution in [-0.4, -0.2) is 46.1 Å². The highest BCUT2D eigenvalue weighted by Gasteiger charge is 2.34. The standard InChI is InChI=1S/C7H13O5P/c8-4-3-5(9)7(10)12-6(4)1-2-13-11/h4-10H,1-3H2. The van der Waals surface area contributed by atoms with E-state index in [1.54, 1.807) is 0 Å². The molecule has 3 N–H and O–H groups in total. The van der Waals surface area contributed by atoms with Crippen LogP contribution in [0.5, 0.6) is 0 Å². The fourth-order valence-electron chi connectivity index (χ4n) is 1.32. The normalized spacial score (nSPS) is 40.8. The van der Waals surface area contributed by atoms with Gasteiger partial charge in [-0.25, -0.2) is 0 Å². The van der Waals surface area contributed by atoms with E-state index in [-0.39, 0.29) is 14.9 Å². The predicted molar refractivity (Wildman–Crippen MR) is 44.6 cm³/mol. The summed E-state index contributed by atoms with van der Waals surface area (Å²) in [6.45, 7) is 0. The minimum atomic E-state index is -1.24. The van der Waals surface area contributed by atoms with Gasteiger partial charge in [0.1, 0.15) is 6.10 Å². The Morgan fingerprint density at radius 3 is 2.62 bits per heavy atom. The number of hydrogen-bond acceptors (Lipinski definition) is 5. The Morgan fingerprint density at radius 2 is 2.00 bits per heavy atom. The number of aliphatic hydroxyl groups is 3. The molecule has 1 aliphatic rings. The van der Waals surface area contributed by atoms with Crippen LogP contribution < -0.4 is 0 Å². The second-order valence-electron chi connectivity index (χ2n) is 3.08. The third-order valence-corrected chi connectivity index (χ3v) is 2.50. The highest BCUT2D eigenvalue weighted by Crippen LogP contribution is 2.21. The van der Waals surface area contributed by atoms with Crippen LogP contribution in [0.25, 0.3) is 0 Å². The molecule has 1 aliphatic heterocycles. The van der Waals surface area contributed by atoms with E-state index >= 15 is 0 Å². The summed E-state index contributed by atoms with van der Waals surface area (Å²) >= 11 is 0. The van der Waals surface area contributed by atoms with Crippen molar-refractivity contribution in [1.29, 1.82) is 0 Å². The Bertz CT molecular complexity index is 176. The zero-order valence-corrected chi connectivity index (χ0v) is 7.93. The summed E-state index contributed by atoms with van der Waals surface area (Å²) in [6.07, 6.45) is -2.70. The minimum absolute atomic E-state index is 0.00666. The maximum absolute atomic E-state index is 10.1. The van der Waals surface area contributed by atoms with Crippen LogP contribution in [0, 0.1) is 0 Å². The van der Waals surface area contributed by atoms with Gasteiger partial charge in [0.25, 0.3) is 0 Å². The molecule has 0 aromatic heterocycles. The Kier molecular flexibility index (Phi) is 4.22. The van der Waals surface area contributed by atoms with E-state index in [9.17, 15) is 9.67 Å². The van der Waals surface area contributed by atoms with Crippen LogP contribution in [0.4, 0.5) is 0 Å². The third kappa shape index (κ3) is 2.97. The molecule has 0 aromatic rings. The molecule has 4 atom stereocenters. The average molecular weight is 208 g/mol. The van der Waals surface area contributed by atoms with Crippen molar-refractivity contribution in [3.05, 3.63) is 0 Å². The summed E-state index contributed by atoms with van der Waals surface area (Å²) in [5.74, 6) is 0. The zero-order valence-electron chi connectivity index (χ0n) is 7.04. The molecule has 6 heteroatoms. The van der Waals surface area contributed by atoms with Gasteiger partial charge < -0.3 is 20.1 Å². The first-order valence-corrected chi connectivity index (χ1v) is 5.13. The van der Waals surface area contributed by atoms with E-state index in [2.05, 4.69) is 0 Å². The van der Waals surface area contributed by atoms with Crippen LogP contribution >= 0.6 is 8.46 Å². The molecule has 1 rings (SSSR count). The molecule has 1 heterocycles. The first-order valence-electron chi connectivity index (χ1n) is 4.14. The smallest absolute Gasteiger partial charge is 0.181 e. The lowest BCUT2D eigenvalue weighted by atomic mass is 10.0. The summed E-state index contributed by atoms with van der Waals surface area (Å²) in [6, 6.07) is 0. The van der Waals surface area contributed by atoms with Crippen LogP contribution in [-0.2, 0) is 9.30 Å². The first kappa shape index (κ1) is 11.0. The first-order chi connectivity index (χ1) is 6.15. The summed E-state index contributed by atoms with van der Waals surface area (Å²) in [5.41, 5.74) is 0. The van der Waals surface area contributed by atoms with Crippen LogP contribution in [0.15, 0.2) is 0 Å². The Labute approximate surface area is 77.5 Å². The highest BCUT2D eigenvalue weighted by molar-refractivity contribution is 7.23. The molecular weight excluding hydrogens is 195 g/mol. The minimum Gasteiger partial charge on any atom is -0.390 e. The Morgan fingerprint density at radius 1 is 1.31 bits per heavy atom. The van der Waals surface area contributed by atoms with Gasteiger partial charge in [-0.2, -0.15) is 0 Å². The van der Waals surface area contributed by atoms with Gasteiger partial charge in [0.15, 0.2) is 14.8 Å². The van der Waals surface area contributed by atoms with Gasteiger partial charge >= 0.3 is 0 Å². The van der Waals surface area contributed by atoms with Crippen LogP contribution in [0.2, 0.25) is 0 Å². The van der Waals surface area contributed by atoms with E-state index < -0.39 is 24.6 Å². The number of ether oxygens (including phenoxy) is 1. The molecule has 0 saturated carbocycles. The van der Waals surface area contributed by atoms with E-state index in [1.807, 2.05) is 0 Å². The van der Waals surface area contributed by atoms with E-state index in [0.717, 1.165) is 0 Å². The third-order valence-electron chi connectivity index (χ3n) is 2.06. The molecule has 1 saturated heterocycles. The second-order valence-corrected chi connectivity index (χ2v) is 3.78. The molecule has 0 spiro atoms. The van der Waals surface area contributed by atoms with Gasteiger partial charge in [-0.1, -0.05) is 0 Å². The fourth-order valence-corrected chi connectivity index (χ4v) is 1.68. The molecule has 1 fully saturated rings. The van der Waals surface area contributed by atoms with E-state index in [4.69, 9.17) is 14.9 Å². The maximum atomic E-state index is 10.1. The SMILES string of the molecule is O=PCCC1OC(O)C(O)CC1O. The lowest BCUT2D eigenvalue weighted by Crippen LogP contribution is -2.47. The summed E-state index contributed by atoms with van der Waals surface area (Å²) in [4.78, 5) is 0. The lowest BCUT2D eigenvalue weighted by molar-refractivity contribution is -0.245. The van der Waals surface area contributed by atoms with Crippen molar-refractivity contribution in [2.24, 2.45) is 0 Å². The Balaban J connectivity index is 2.41. The molecule has 0 aromatic carbocycles. The van der Waals surface area contributed by atoms with Gasteiger partial charge in [0, 0.05) is 12.6 Å². The number of hydrogen-bond donors (Lipinski definition) is 3. The van der Waals surface area contributed by atoms with Crippen molar-refractivity contribution in [1.82, 2.24) is 0 Å². The highest BCUT2D eigenvalue weighted by atomic mass is 31.1. The zero-order chi connectivity index (χ0) is 9.84. The maximum Gasteiger partial charge on any atom is 0.181 e. The van der Waals surface area contributed by atoms with Crippen molar-refractivity contribution in [2.75, 3.05) is 6.16 Å². The monoisotopic (exact) mass is 208 g/mol. The van der Waals surface area contributed by atoms with Gasteiger partial charge in [-0.05, 0) is 6.42 Å². The lowest BCUT2D eigenvalue weighted by Gasteiger charge is -2.34. The van der Waals surface area contributed by atoms with Gasteiger partial charge in [-0.15, -0.1) is 0 Å². The summed E-state index contributed by atoms with van der Waals surface area (Å²) < 4.78 is 15.1. The Hall–Kier alpha value is -0.0600. The molecule has 0 amide bonds. The van der Waals surface area contributed by atoms with Crippen LogP contribution in [0.1, 0.15) is 12.8 Å². The van der Waals surface area contributed by atoms with Crippen LogP contribution in [0.3, 0.4) is 0 Å². The van der Waals surface area contributed by atoms with Gasteiger partial charge in [0.05, 0.1) is 12.2 Å². The largest absolute Gasteiger partial charge is 0.390 e. The molecule has 0 radical (unpaired) electrons. The molecule has 0 aliphatic carbocycles. The topological polar surface area (TPSA) is 87.0 Å². The van der Waals surface area contributed by atoms with E-state index in [0.29, 0.717) is 12.6 Å². The predicted octanol–water partition coefficient (Wildman–Crippen LogP) is -0.503. The molecule has 76 valence electrons. The van der Waals surface area contributed by atoms with Crippen molar-refractivity contribution in [3.8, 4) is 0 Å². The number of aliphatic hydroxyl groups excluding tert-OH is 3. The van der Waals surface area contributed by atoms with Crippen molar-refractivity contribution >= 4 is 8.46 Å². The van der Waals surface area contributed by atoms with Crippen molar-refractivity contribution < 1.29 is 24.6 Å². The molecule has 0 bridgehead atoms. The van der Waals surface area contributed by atoms with Crippen molar-refractivity contribution in [2.45, 2.75) is 37.4 Å². The van der Waals surface area contributed by atoms with Gasteiger partial charge in [0.2, 0.25) is 0 Å². The van der Waals surface area contributed by atoms with Gasteiger partial charge in [-0.3, -0.25) is 4.57 Å². The van der Waals surface area contributed by atoms with E-state index in [1.165, 1.54) is 0 Å². The molecule has 5 nitrogen and oxygen atoms in total. The number of rotatable bonds is 3.